The number of nitrogens with one attached hydrogen (secondary N) is 1. The largest absolute Gasteiger partial charge is 0.610 e. The van der Waals surface area contributed by atoms with Crippen molar-refractivity contribution in [3.8, 4) is 11.4 Å². The molecule has 0 aromatic carbocycles. The fourth-order valence-electron chi connectivity index (χ4n) is 4.23. The van der Waals surface area contributed by atoms with E-state index >= 15 is 0 Å². The smallest absolute Gasteiger partial charge is 0.295 e. The quantitative estimate of drug-likeness (QED) is 0.344. The van der Waals surface area contributed by atoms with Crippen LogP contribution in [0.5, 0.6) is 0 Å². The topological polar surface area (TPSA) is 147 Å². The Hall–Kier alpha value is -3.51. The summed E-state index contributed by atoms with van der Waals surface area (Å²) in [5.41, 5.74) is 4.67. The molecule has 1 aliphatic rings. The maximum atomic E-state index is 13.6. The number of nitrogens with zero attached hydrogens (tertiary/aromatic N) is 8. The highest BCUT2D eigenvalue weighted by Crippen LogP contribution is 2.43. The molecule has 1 saturated carbocycles. The van der Waals surface area contributed by atoms with Gasteiger partial charge in [0.05, 0.1) is 41.1 Å². The maximum Gasteiger partial charge on any atom is 0.295 e. The first-order valence-electron chi connectivity index (χ1n) is 12.3. The number of fused-ring (bicyclic) bond motifs is 1. The summed E-state index contributed by atoms with van der Waals surface area (Å²) in [5.74, 6) is 1.11. The van der Waals surface area contributed by atoms with E-state index < -0.39 is 11.2 Å². The van der Waals surface area contributed by atoms with E-state index in [1.54, 1.807) is 23.3 Å². The average molecular weight is 520 g/mol. The molecule has 0 aliphatic heterocycles. The summed E-state index contributed by atoms with van der Waals surface area (Å²) in [4.78, 5) is 45.4. The molecule has 12 heteroatoms. The Morgan fingerprint density at radius 1 is 1.11 bits per heavy atom. The molecule has 0 radical (unpaired) electrons. The van der Waals surface area contributed by atoms with Crippen LogP contribution in [0.4, 0.5) is 5.82 Å². The standard InChI is InChI=1S/C25H29N9O2S/c1-6-13(2)34-24-20(32-23(25(34)35)28-10-17-9-27-18(11-26-17)37(5)36)15(4)31-22(33-24)19-14(3)29-12-30-21(19)16-7-8-16/h9,11-13,16H,6-8,10H2,1-5H3,(H,28,32)/t13-,37?/m1/s1. The highest BCUT2D eigenvalue weighted by atomic mass is 32.2. The minimum atomic E-state index is -1.21. The number of aryl methyl sites for hydroxylation is 2. The van der Waals surface area contributed by atoms with Crippen LogP contribution in [0.2, 0.25) is 0 Å². The third kappa shape index (κ3) is 4.90. The van der Waals surface area contributed by atoms with E-state index in [4.69, 9.17) is 9.97 Å². The van der Waals surface area contributed by atoms with Gasteiger partial charge in [-0.1, -0.05) is 6.92 Å². The molecule has 1 aliphatic carbocycles. The summed E-state index contributed by atoms with van der Waals surface area (Å²) < 4.78 is 13.3. The van der Waals surface area contributed by atoms with Crippen LogP contribution < -0.4 is 10.9 Å². The van der Waals surface area contributed by atoms with Crippen molar-refractivity contribution in [2.45, 2.75) is 70.5 Å². The molecule has 1 N–H and O–H groups in total. The van der Waals surface area contributed by atoms with Gasteiger partial charge in [0.15, 0.2) is 17.3 Å². The van der Waals surface area contributed by atoms with Gasteiger partial charge in [-0.05, 0) is 40.0 Å². The van der Waals surface area contributed by atoms with Crippen LogP contribution in [0.15, 0.2) is 28.5 Å². The van der Waals surface area contributed by atoms with Crippen LogP contribution in [-0.4, -0.2) is 50.3 Å². The Labute approximate surface area is 217 Å². The van der Waals surface area contributed by atoms with Gasteiger partial charge in [-0.15, -0.1) is 0 Å². The van der Waals surface area contributed by atoms with Crippen molar-refractivity contribution < 1.29 is 4.55 Å². The second-order valence-corrected chi connectivity index (χ2v) is 10.7. The Balaban J connectivity index is 1.60. The molecule has 1 fully saturated rings. The minimum Gasteiger partial charge on any atom is -0.610 e. The maximum absolute atomic E-state index is 13.6. The van der Waals surface area contributed by atoms with Crippen molar-refractivity contribution in [2.75, 3.05) is 11.6 Å². The van der Waals surface area contributed by atoms with Gasteiger partial charge in [-0.25, -0.2) is 29.9 Å². The van der Waals surface area contributed by atoms with E-state index in [0.29, 0.717) is 39.3 Å². The SMILES string of the molecule is CC[C@@H](C)n1c(=O)c(NCc2cnc([S+](C)[O-])cn2)nc2c(C)nc(-c3c(C)ncnc3C3CC3)nc21. The van der Waals surface area contributed by atoms with Crippen LogP contribution >= 0.6 is 0 Å². The van der Waals surface area contributed by atoms with Crippen molar-refractivity contribution in [1.82, 2.24) is 39.5 Å². The van der Waals surface area contributed by atoms with Gasteiger partial charge >= 0.3 is 0 Å². The molecular weight excluding hydrogens is 490 g/mol. The molecule has 192 valence electrons. The normalized spacial score (nSPS) is 15.1. The van der Waals surface area contributed by atoms with Gasteiger partial charge in [-0.3, -0.25) is 14.3 Å². The van der Waals surface area contributed by atoms with Gasteiger partial charge in [-0.2, -0.15) is 0 Å². The molecule has 4 aromatic heterocycles. The summed E-state index contributed by atoms with van der Waals surface area (Å²) >= 11 is -1.21. The Morgan fingerprint density at radius 3 is 2.54 bits per heavy atom. The summed E-state index contributed by atoms with van der Waals surface area (Å²) in [5, 5.41) is 3.51. The van der Waals surface area contributed by atoms with E-state index in [1.165, 1.54) is 6.20 Å². The second kappa shape index (κ2) is 10.1. The molecule has 0 amide bonds. The Morgan fingerprint density at radius 2 is 1.89 bits per heavy atom. The predicted octanol–water partition coefficient (Wildman–Crippen LogP) is 3.25. The lowest BCUT2D eigenvalue weighted by Gasteiger charge is -2.19. The van der Waals surface area contributed by atoms with E-state index in [1.807, 2.05) is 27.7 Å². The van der Waals surface area contributed by atoms with E-state index in [9.17, 15) is 9.35 Å². The third-order valence-electron chi connectivity index (χ3n) is 6.61. The molecule has 0 spiro atoms. The van der Waals surface area contributed by atoms with Crippen molar-refractivity contribution in [3.05, 3.63) is 51.9 Å². The van der Waals surface area contributed by atoms with E-state index in [-0.39, 0.29) is 24.0 Å². The van der Waals surface area contributed by atoms with Gasteiger partial charge in [0.1, 0.15) is 24.3 Å². The molecule has 4 aromatic rings. The van der Waals surface area contributed by atoms with Gasteiger partial charge < -0.3 is 9.87 Å². The first kappa shape index (κ1) is 25.2. The lowest BCUT2D eigenvalue weighted by Crippen LogP contribution is -2.29. The monoisotopic (exact) mass is 519 g/mol. The molecule has 2 atom stereocenters. The molecule has 1 unspecified atom stereocenters. The molecule has 4 heterocycles. The fourth-order valence-corrected chi connectivity index (χ4v) is 4.63. The highest BCUT2D eigenvalue weighted by molar-refractivity contribution is 7.90. The summed E-state index contributed by atoms with van der Waals surface area (Å²) in [6.45, 7) is 8.07. The zero-order chi connectivity index (χ0) is 26.3. The summed E-state index contributed by atoms with van der Waals surface area (Å²) in [7, 11) is 0. The molecule has 37 heavy (non-hydrogen) atoms. The lowest BCUT2D eigenvalue weighted by atomic mass is 10.1. The van der Waals surface area contributed by atoms with Crippen molar-refractivity contribution >= 4 is 28.2 Å². The number of rotatable bonds is 8. The minimum absolute atomic E-state index is 0.115. The van der Waals surface area contributed by atoms with Crippen LogP contribution in [0.3, 0.4) is 0 Å². The van der Waals surface area contributed by atoms with Crippen molar-refractivity contribution in [1.29, 1.82) is 0 Å². The first-order chi connectivity index (χ1) is 17.8. The molecule has 5 rings (SSSR count). The zero-order valence-corrected chi connectivity index (χ0v) is 22.3. The van der Waals surface area contributed by atoms with Crippen LogP contribution in [-0.2, 0) is 17.7 Å². The van der Waals surface area contributed by atoms with E-state index in [2.05, 4.69) is 30.2 Å². The molecule has 0 saturated heterocycles. The molecular formula is C25H29N9O2S. The third-order valence-corrected chi connectivity index (χ3v) is 7.41. The number of anilines is 1. The van der Waals surface area contributed by atoms with Gasteiger partial charge in [0.2, 0.25) is 0 Å². The highest BCUT2D eigenvalue weighted by Gasteiger charge is 2.30. The van der Waals surface area contributed by atoms with Gasteiger partial charge in [0.25, 0.3) is 10.6 Å². The average Bonchev–Trinajstić information content (AvgIpc) is 3.73. The summed E-state index contributed by atoms with van der Waals surface area (Å²) in [6, 6.07) is -0.115. The van der Waals surface area contributed by atoms with Crippen LogP contribution in [0.1, 0.15) is 67.8 Å². The van der Waals surface area contributed by atoms with Crippen LogP contribution in [0.25, 0.3) is 22.6 Å². The van der Waals surface area contributed by atoms with Gasteiger partial charge in [0, 0.05) is 23.1 Å². The summed E-state index contributed by atoms with van der Waals surface area (Å²) in [6.07, 6.45) is 9.07. The fraction of sp³-hybridized carbons (Fsp3) is 0.440. The number of hydrogen-bond donors (Lipinski definition) is 1. The van der Waals surface area contributed by atoms with E-state index in [0.717, 1.165) is 36.2 Å². The lowest BCUT2D eigenvalue weighted by molar-refractivity contribution is 0.526. The number of hydrogen-bond acceptors (Lipinski definition) is 10. The van der Waals surface area contributed by atoms with Crippen molar-refractivity contribution in [3.63, 3.8) is 0 Å². The second-order valence-electron chi connectivity index (χ2n) is 9.34. The predicted molar refractivity (Wildman–Crippen MR) is 141 cm³/mol. The zero-order valence-electron chi connectivity index (χ0n) is 21.5. The Bertz CT molecular complexity index is 1520. The molecule has 11 nitrogen and oxygen atoms in total. The Kier molecular flexibility index (Phi) is 6.86. The number of aromatic nitrogens is 8. The first-order valence-corrected chi connectivity index (χ1v) is 13.8. The van der Waals surface area contributed by atoms with Crippen LogP contribution in [0, 0.1) is 13.8 Å². The molecule has 0 bridgehead atoms. The van der Waals surface area contributed by atoms with Crippen molar-refractivity contribution in [2.24, 2.45) is 0 Å².